The van der Waals surface area contributed by atoms with E-state index in [1.807, 2.05) is 58.0 Å². The second-order valence-corrected chi connectivity index (χ2v) is 21.9. The number of amides is 3. The summed E-state index contributed by atoms with van der Waals surface area (Å²) in [6.45, 7) is 8.06. The van der Waals surface area contributed by atoms with E-state index in [4.69, 9.17) is 29.4 Å². The Bertz CT molecular complexity index is 3430. The molecule has 3 amide bonds. The number of aliphatic hydroxyl groups is 1. The zero-order valence-electron chi connectivity index (χ0n) is 41.9. The monoisotopic (exact) mass is 1120 g/mol. The number of nitrogen functional groups attached to an aromatic ring is 1. The van der Waals surface area contributed by atoms with E-state index in [0.717, 1.165) is 43.3 Å². The van der Waals surface area contributed by atoms with Gasteiger partial charge in [0, 0.05) is 86.1 Å². The fraction of sp³-hybridized carbons (Fsp3) is 0.400. The maximum atomic E-state index is 14.3. The Hall–Kier alpha value is -6.38. The van der Waals surface area contributed by atoms with Crippen molar-refractivity contribution in [2.75, 3.05) is 57.4 Å². The van der Waals surface area contributed by atoms with Gasteiger partial charge in [-0.05, 0) is 69.0 Å². The van der Waals surface area contributed by atoms with Crippen LogP contribution in [0.4, 0.5) is 16.4 Å². The highest BCUT2D eigenvalue weighted by Gasteiger charge is 2.52. The molecule has 0 radical (unpaired) electrons. The number of imidazole rings is 1. The van der Waals surface area contributed by atoms with Crippen LogP contribution < -0.4 is 37.2 Å². The zero-order chi connectivity index (χ0) is 55.4. The predicted octanol–water partition coefficient (Wildman–Crippen LogP) is 2.98. The van der Waals surface area contributed by atoms with Crippen molar-refractivity contribution in [3.63, 3.8) is 0 Å². The first-order valence-electron chi connectivity index (χ1n) is 23.5. The number of aliphatic hydroxyl groups excluding tert-OH is 1. The van der Waals surface area contributed by atoms with Gasteiger partial charge in [-0.15, -0.1) is 0 Å². The molecule has 1 fully saturated rings. The van der Waals surface area contributed by atoms with Gasteiger partial charge in [0.1, 0.15) is 23.6 Å². The van der Waals surface area contributed by atoms with Crippen LogP contribution in [0.1, 0.15) is 54.4 Å². The van der Waals surface area contributed by atoms with Gasteiger partial charge < -0.3 is 65.2 Å². The maximum absolute atomic E-state index is 14.3. The molecule has 31 heteroatoms. The van der Waals surface area contributed by atoms with Crippen LogP contribution in [-0.4, -0.2) is 127 Å². The van der Waals surface area contributed by atoms with E-state index in [2.05, 4.69) is 50.1 Å². The van der Waals surface area contributed by atoms with E-state index >= 15 is 0 Å². The third kappa shape index (κ3) is 13.4. The summed E-state index contributed by atoms with van der Waals surface area (Å²) < 4.78 is 67.8. The van der Waals surface area contributed by atoms with Crippen LogP contribution in [0.5, 0.6) is 0 Å². The predicted molar refractivity (Wildman–Crippen MR) is 271 cm³/mol. The van der Waals surface area contributed by atoms with Crippen LogP contribution in [-0.2, 0) is 48.2 Å². The van der Waals surface area contributed by atoms with E-state index in [1.165, 1.54) is 17.9 Å². The smallest absolute Gasteiger partial charge is 0.456 e. The SMILES string of the molecule is CCN=c1cc2oc3cc(NCC)c(C)cc3c(-c3ccccc3C(=O)N(C)CCCC(=O)NCCNC(=O)O[C@@H]3[C@H](O)[C@@H](COP(=O)(O)OP(=O)(O)OP(=O)(O)O)O[C@H]3[n+]3cn(C)c4c(=O)[nH]c(N)nc43)c-2cc1C. The van der Waals surface area contributed by atoms with Crippen molar-refractivity contribution in [3.8, 4) is 22.5 Å². The number of ether oxygens (including phenoxy) is 2. The summed E-state index contributed by atoms with van der Waals surface area (Å²) in [6.07, 6.45) is -6.50. The van der Waals surface area contributed by atoms with E-state index in [-0.39, 0.29) is 55.5 Å². The van der Waals surface area contributed by atoms with Gasteiger partial charge in [0.15, 0.2) is 12.4 Å². The number of nitrogens with two attached hydrogens (primary N) is 1. The molecule has 4 heterocycles. The third-order valence-corrected chi connectivity index (χ3v) is 15.7. The minimum atomic E-state index is -5.90. The number of hydrogen-bond acceptors (Lipinski definition) is 18. The number of alkyl carbamates (subject to hydrolysis) is 1. The minimum Gasteiger partial charge on any atom is -0.456 e. The lowest BCUT2D eigenvalue weighted by molar-refractivity contribution is -0.745. The summed E-state index contributed by atoms with van der Waals surface area (Å²) in [5.74, 6) is -0.380. The Morgan fingerprint density at radius 3 is 2.42 bits per heavy atom. The molecule has 1 aliphatic carbocycles. The average Bonchev–Trinajstić information content (AvgIpc) is 3.82. The van der Waals surface area contributed by atoms with Crippen LogP contribution >= 0.6 is 23.5 Å². The van der Waals surface area contributed by atoms with E-state index in [1.54, 1.807) is 24.1 Å². The van der Waals surface area contributed by atoms with Gasteiger partial charge in [0.25, 0.3) is 17.4 Å². The fourth-order valence-corrected chi connectivity index (χ4v) is 11.7. The van der Waals surface area contributed by atoms with Crippen molar-refractivity contribution in [2.45, 2.75) is 65.1 Å². The minimum absolute atomic E-state index is 0.00968. The van der Waals surface area contributed by atoms with Gasteiger partial charge in [-0.2, -0.15) is 8.62 Å². The van der Waals surface area contributed by atoms with E-state index in [0.29, 0.717) is 35.6 Å². The summed E-state index contributed by atoms with van der Waals surface area (Å²) in [5, 5.41) is 21.4. The number of aromatic amines is 1. The number of rotatable bonds is 21. The Morgan fingerprint density at radius 2 is 1.71 bits per heavy atom. The second-order valence-electron chi connectivity index (χ2n) is 17.5. The van der Waals surface area contributed by atoms with Crippen LogP contribution in [0.15, 0.2) is 69.1 Å². The first kappa shape index (κ1) is 57.3. The molecule has 2 aromatic carbocycles. The molecule has 6 atom stereocenters. The van der Waals surface area contributed by atoms with Crippen molar-refractivity contribution in [1.82, 2.24) is 30.1 Å². The molecule has 3 aliphatic rings. The molecular formula is C45H58N10O18P3+. The van der Waals surface area contributed by atoms with Gasteiger partial charge >= 0.3 is 35.2 Å². The molecular weight excluding hydrogens is 1060 g/mol. The lowest BCUT2D eigenvalue weighted by Gasteiger charge is -2.22. The number of benzene rings is 3. The topological polar surface area (TPSA) is 395 Å². The molecule has 2 aromatic heterocycles. The summed E-state index contributed by atoms with van der Waals surface area (Å²) >= 11 is 0. The molecule has 0 spiro atoms. The highest BCUT2D eigenvalue weighted by atomic mass is 31.3. The average molecular weight is 1120 g/mol. The van der Waals surface area contributed by atoms with Crippen molar-refractivity contribution in [1.29, 1.82) is 0 Å². The number of carbonyl (C=O) groups excluding carboxylic acids is 3. The Kier molecular flexibility index (Phi) is 17.7. The Labute approximate surface area is 432 Å². The van der Waals surface area contributed by atoms with Crippen molar-refractivity contribution in [3.05, 3.63) is 87.3 Å². The molecule has 410 valence electrons. The molecule has 76 heavy (non-hydrogen) atoms. The number of fused-ring (bicyclic) bond motifs is 3. The number of hydrogen-bond donors (Lipinski definition) is 10. The Balaban J connectivity index is 0.973. The number of H-pyrrole nitrogens is 1. The van der Waals surface area contributed by atoms with Gasteiger partial charge in [-0.3, -0.25) is 33.5 Å². The highest BCUT2D eigenvalue weighted by Crippen LogP contribution is 2.66. The van der Waals surface area contributed by atoms with Gasteiger partial charge in [-0.1, -0.05) is 23.2 Å². The standard InChI is InChI=1S/C45H57N10O18P3/c1-7-47-30-20-32-28(18-24(30)3)36(29-19-25(4)31(48-8-2)21-33(29)69-32)26-12-9-10-13-27(26)42(59)53(5)17-11-14-35(56)49-15-16-50-45(60)71-39-38(57)34(22-68-75(64,65)73-76(66,67)72-74(61,62)63)70-43(39)55-23-54(6)37-40(55)51-44(46)52-41(37)58/h9-10,12-13,18-21,23,34,38-39,43,57H,7-8,11,14-17,22H2,1-6H3,(H9-,46,47,48,49,50,51,52,56,58,60,61,62,63,64,65,66,67)/p+1/t34-,38-,39-,43-/m1/s1. The number of aromatic nitrogens is 4. The fourth-order valence-electron chi connectivity index (χ4n) is 8.63. The number of carbonyl (C=O) groups is 3. The number of anilines is 2. The molecule has 28 nitrogen and oxygen atoms in total. The van der Waals surface area contributed by atoms with Crippen molar-refractivity contribution in [2.24, 2.45) is 12.0 Å². The normalized spacial score (nSPS) is 18.6. The summed E-state index contributed by atoms with van der Waals surface area (Å²) in [5.41, 5.74) is 11.2. The van der Waals surface area contributed by atoms with Crippen molar-refractivity contribution >= 4 is 75.1 Å². The second kappa shape index (κ2) is 23.5. The van der Waals surface area contributed by atoms with Crippen LogP contribution in [0.3, 0.4) is 0 Å². The van der Waals surface area contributed by atoms with Crippen LogP contribution in [0.25, 0.3) is 44.6 Å². The van der Waals surface area contributed by atoms with Crippen LogP contribution in [0, 0.1) is 13.8 Å². The van der Waals surface area contributed by atoms with Gasteiger partial charge in [0.2, 0.25) is 17.7 Å². The van der Waals surface area contributed by atoms with Crippen LogP contribution in [0.2, 0.25) is 0 Å². The summed E-state index contributed by atoms with van der Waals surface area (Å²) in [6, 6.07) is 15.3. The van der Waals surface area contributed by atoms with Crippen molar-refractivity contribution < 1.29 is 84.4 Å². The zero-order valence-corrected chi connectivity index (χ0v) is 44.5. The molecule has 1 saturated heterocycles. The lowest BCUT2D eigenvalue weighted by atomic mass is 9.89. The molecule has 0 bridgehead atoms. The molecule has 2 unspecified atom stereocenters. The highest BCUT2D eigenvalue weighted by molar-refractivity contribution is 7.66. The first-order chi connectivity index (χ1) is 35.8. The first-order valence-corrected chi connectivity index (χ1v) is 28.0. The quantitative estimate of drug-likeness (QED) is 0.0214. The Morgan fingerprint density at radius 1 is 0.987 bits per heavy atom. The van der Waals surface area contributed by atoms with Gasteiger partial charge in [0.05, 0.1) is 19.0 Å². The van der Waals surface area contributed by atoms with E-state index in [9.17, 15) is 47.8 Å². The molecule has 7 rings (SSSR count). The number of aryl methyl sites for hydroxylation is 3. The van der Waals surface area contributed by atoms with Gasteiger partial charge in [-0.25, -0.2) is 23.1 Å². The summed E-state index contributed by atoms with van der Waals surface area (Å²) in [4.78, 5) is 103. The number of phosphoric ester groups is 1. The molecule has 2 aliphatic heterocycles. The summed E-state index contributed by atoms with van der Waals surface area (Å²) in [7, 11) is -14.2. The number of nitrogens with one attached hydrogen (secondary N) is 4. The maximum Gasteiger partial charge on any atom is 0.490 e. The van der Waals surface area contributed by atoms with E-state index < -0.39 is 72.2 Å². The number of phosphoric acid groups is 3. The molecule has 4 aromatic rings. The molecule has 11 N–H and O–H groups in total. The number of nitrogens with zero attached hydrogens (tertiary/aromatic N) is 5. The molecule has 0 saturated carbocycles. The third-order valence-electron chi connectivity index (χ3n) is 11.9. The largest absolute Gasteiger partial charge is 0.490 e. The lowest BCUT2D eigenvalue weighted by Crippen LogP contribution is -2.49.